The van der Waals surface area contributed by atoms with Crippen molar-refractivity contribution in [3.63, 3.8) is 0 Å². The van der Waals surface area contributed by atoms with Crippen molar-refractivity contribution >= 4 is 34.2 Å². The second-order valence-corrected chi connectivity index (χ2v) is 8.22. The Hall–Kier alpha value is -2.81. The molecule has 0 aromatic carbocycles. The Balaban J connectivity index is 1.54. The Bertz CT molecular complexity index is 1080. The van der Waals surface area contributed by atoms with Gasteiger partial charge in [0.05, 0.1) is 27.8 Å². The number of pyridine rings is 1. The van der Waals surface area contributed by atoms with Gasteiger partial charge in [0.25, 0.3) is 5.91 Å². The maximum atomic E-state index is 13.2. The first-order chi connectivity index (χ1) is 13.3. The maximum absolute atomic E-state index is 13.2. The highest BCUT2D eigenvalue weighted by molar-refractivity contribution is 7.13. The highest BCUT2D eigenvalue weighted by Gasteiger charge is 2.28. The van der Waals surface area contributed by atoms with E-state index in [4.69, 9.17) is 5.11 Å². The normalized spacial score (nSPS) is 15.3. The van der Waals surface area contributed by atoms with Crippen LogP contribution in [-0.2, 0) is 7.05 Å². The number of carboxylic acids is 1. The van der Waals surface area contributed by atoms with Gasteiger partial charge in [-0.2, -0.15) is 5.10 Å². The van der Waals surface area contributed by atoms with E-state index in [1.54, 1.807) is 4.68 Å². The molecule has 0 unspecified atom stereocenters. The van der Waals surface area contributed by atoms with Gasteiger partial charge < -0.3 is 10.0 Å². The van der Waals surface area contributed by atoms with Crippen molar-refractivity contribution in [3.05, 3.63) is 39.1 Å². The van der Waals surface area contributed by atoms with Gasteiger partial charge in [0.1, 0.15) is 4.88 Å². The van der Waals surface area contributed by atoms with Gasteiger partial charge in [-0.3, -0.25) is 9.48 Å². The standard InChI is InChI=1S/C19H21N5O3S/c1-10-8-13(15-11(2)22-23(3)16(15)21-10)18(25)24-6-4-12(5-7-24)17-20-9-14(28-17)19(26)27/h8-9,12H,4-7H2,1-3H3,(H,26,27). The number of hydrogen-bond donors (Lipinski definition) is 1. The fourth-order valence-electron chi connectivity index (χ4n) is 3.81. The first kappa shape index (κ1) is 18.5. The van der Waals surface area contributed by atoms with Crippen LogP contribution in [0.2, 0.25) is 0 Å². The number of hydrogen-bond acceptors (Lipinski definition) is 6. The van der Waals surface area contributed by atoms with E-state index in [0.717, 1.165) is 40.3 Å². The van der Waals surface area contributed by atoms with Crippen molar-refractivity contribution in [2.24, 2.45) is 7.05 Å². The van der Waals surface area contributed by atoms with Gasteiger partial charge in [-0.1, -0.05) is 0 Å². The molecule has 4 rings (SSSR count). The van der Waals surface area contributed by atoms with E-state index < -0.39 is 5.97 Å². The monoisotopic (exact) mass is 399 g/mol. The maximum Gasteiger partial charge on any atom is 0.347 e. The number of aromatic nitrogens is 4. The molecule has 0 saturated carbocycles. The summed E-state index contributed by atoms with van der Waals surface area (Å²) in [6, 6.07) is 1.84. The molecule has 1 amide bonds. The molecule has 1 aliphatic heterocycles. The molecule has 1 fully saturated rings. The number of aromatic carboxylic acids is 1. The molecule has 0 atom stereocenters. The molecular formula is C19H21N5O3S. The third kappa shape index (κ3) is 3.15. The van der Waals surface area contributed by atoms with Crippen molar-refractivity contribution in [1.82, 2.24) is 24.6 Å². The average molecular weight is 399 g/mol. The van der Waals surface area contributed by atoms with Crippen LogP contribution in [0, 0.1) is 13.8 Å². The van der Waals surface area contributed by atoms with Gasteiger partial charge in [-0.15, -0.1) is 11.3 Å². The van der Waals surface area contributed by atoms with Crippen LogP contribution in [0.3, 0.4) is 0 Å². The van der Waals surface area contributed by atoms with Crippen LogP contribution in [0.15, 0.2) is 12.3 Å². The molecule has 1 saturated heterocycles. The number of amides is 1. The number of aryl methyl sites for hydroxylation is 3. The molecule has 28 heavy (non-hydrogen) atoms. The third-order valence-corrected chi connectivity index (χ3v) is 6.34. The fraction of sp³-hybridized carbons (Fsp3) is 0.421. The Morgan fingerprint density at radius 3 is 2.61 bits per heavy atom. The van der Waals surface area contributed by atoms with Crippen molar-refractivity contribution in [2.45, 2.75) is 32.6 Å². The smallest absolute Gasteiger partial charge is 0.347 e. The van der Waals surface area contributed by atoms with Gasteiger partial charge in [0.2, 0.25) is 0 Å². The molecule has 3 aromatic heterocycles. The summed E-state index contributed by atoms with van der Waals surface area (Å²) >= 11 is 1.23. The second-order valence-electron chi connectivity index (χ2n) is 7.15. The average Bonchev–Trinajstić information content (AvgIpc) is 3.26. The van der Waals surface area contributed by atoms with Gasteiger partial charge in [-0.25, -0.2) is 14.8 Å². The zero-order valence-corrected chi connectivity index (χ0v) is 16.8. The number of carboxylic acid groups (broad SMARTS) is 1. The van der Waals surface area contributed by atoms with Crippen LogP contribution in [0.1, 0.15) is 55.2 Å². The molecule has 4 heterocycles. The van der Waals surface area contributed by atoms with Gasteiger partial charge >= 0.3 is 5.97 Å². The number of carbonyl (C=O) groups excluding carboxylic acids is 1. The molecular weight excluding hydrogens is 378 g/mol. The van der Waals surface area contributed by atoms with Crippen LogP contribution in [0.4, 0.5) is 0 Å². The van der Waals surface area contributed by atoms with Gasteiger partial charge in [-0.05, 0) is 32.8 Å². The highest BCUT2D eigenvalue weighted by Crippen LogP contribution is 2.32. The Morgan fingerprint density at radius 1 is 1.25 bits per heavy atom. The molecule has 0 spiro atoms. The number of thiazole rings is 1. The van der Waals surface area contributed by atoms with Crippen LogP contribution in [0.25, 0.3) is 11.0 Å². The van der Waals surface area contributed by atoms with Crippen molar-refractivity contribution in [1.29, 1.82) is 0 Å². The van der Waals surface area contributed by atoms with Crippen LogP contribution in [0.5, 0.6) is 0 Å². The van der Waals surface area contributed by atoms with E-state index in [1.165, 1.54) is 17.5 Å². The predicted octanol–water partition coefficient (Wildman–Crippen LogP) is 2.76. The molecule has 1 aliphatic rings. The predicted molar refractivity (Wildman–Crippen MR) is 105 cm³/mol. The van der Waals surface area contributed by atoms with Crippen molar-refractivity contribution in [2.75, 3.05) is 13.1 Å². The summed E-state index contributed by atoms with van der Waals surface area (Å²) in [7, 11) is 1.83. The molecule has 0 aliphatic carbocycles. The lowest BCUT2D eigenvalue weighted by Crippen LogP contribution is -2.38. The molecule has 0 bridgehead atoms. The first-order valence-corrected chi connectivity index (χ1v) is 9.96. The quantitative estimate of drug-likeness (QED) is 0.727. The minimum atomic E-state index is -0.944. The minimum absolute atomic E-state index is 0.00425. The lowest BCUT2D eigenvalue weighted by atomic mass is 9.96. The summed E-state index contributed by atoms with van der Waals surface area (Å²) in [5, 5.41) is 15.1. The lowest BCUT2D eigenvalue weighted by Gasteiger charge is -2.31. The number of likely N-dealkylation sites (tertiary alicyclic amines) is 1. The van der Waals surface area contributed by atoms with Crippen molar-refractivity contribution in [3.8, 4) is 0 Å². The summed E-state index contributed by atoms with van der Waals surface area (Å²) in [5.41, 5.74) is 2.96. The summed E-state index contributed by atoms with van der Waals surface area (Å²) < 4.78 is 1.71. The summed E-state index contributed by atoms with van der Waals surface area (Å²) in [6.45, 7) is 5.01. The minimum Gasteiger partial charge on any atom is -0.477 e. The van der Waals surface area contributed by atoms with Crippen molar-refractivity contribution < 1.29 is 14.7 Å². The summed E-state index contributed by atoms with van der Waals surface area (Å²) in [4.78, 5) is 35.2. The van der Waals surface area contributed by atoms with E-state index in [9.17, 15) is 9.59 Å². The molecule has 0 radical (unpaired) electrons. The Kier molecular flexibility index (Phi) is 4.62. The van der Waals surface area contributed by atoms with Crippen LogP contribution in [-0.4, -0.2) is 54.7 Å². The van der Waals surface area contributed by atoms with E-state index in [-0.39, 0.29) is 16.7 Å². The molecule has 146 valence electrons. The zero-order valence-electron chi connectivity index (χ0n) is 16.0. The Labute approximate surface area is 165 Å². The second kappa shape index (κ2) is 6.97. The third-order valence-electron chi connectivity index (χ3n) is 5.19. The zero-order chi connectivity index (χ0) is 20.0. The summed E-state index contributed by atoms with van der Waals surface area (Å²) in [5.74, 6) is -0.753. The van der Waals surface area contributed by atoms with E-state index in [1.807, 2.05) is 31.9 Å². The number of carbonyl (C=O) groups is 2. The Morgan fingerprint density at radius 2 is 1.96 bits per heavy atom. The first-order valence-electron chi connectivity index (χ1n) is 9.14. The van der Waals surface area contributed by atoms with Crippen LogP contribution < -0.4 is 0 Å². The van der Waals surface area contributed by atoms with E-state index in [0.29, 0.717) is 18.7 Å². The number of fused-ring (bicyclic) bond motifs is 1. The van der Waals surface area contributed by atoms with E-state index in [2.05, 4.69) is 15.1 Å². The van der Waals surface area contributed by atoms with Gasteiger partial charge in [0.15, 0.2) is 5.65 Å². The molecule has 8 nitrogen and oxygen atoms in total. The topological polar surface area (TPSA) is 101 Å². The number of rotatable bonds is 3. The van der Waals surface area contributed by atoms with Crippen LogP contribution >= 0.6 is 11.3 Å². The van der Waals surface area contributed by atoms with E-state index >= 15 is 0 Å². The SMILES string of the molecule is Cc1cc(C(=O)N2CCC(c3ncc(C(=O)O)s3)CC2)c2c(C)nn(C)c2n1. The molecule has 9 heteroatoms. The molecule has 3 aromatic rings. The largest absolute Gasteiger partial charge is 0.477 e. The highest BCUT2D eigenvalue weighted by atomic mass is 32.1. The summed E-state index contributed by atoms with van der Waals surface area (Å²) in [6.07, 6.45) is 2.97. The molecule has 1 N–H and O–H groups in total. The fourth-order valence-corrected chi connectivity index (χ4v) is 4.74. The lowest BCUT2D eigenvalue weighted by molar-refractivity contribution is 0.0697. The number of piperidine rings is 1. The number of nitrogens with zero attached hydrogens (tertiary/aromatic N) is 5. The van der Waals surface area contributed by atoms with Gasteiger partial charge in [0, 0.05) is 31.7 Å².